The van der Waals surface area contributed by atoms with Crippen molar-refractivity contribution < 1.29 is 41.8 Å². The summed E-state index contributed by atoms with van der Waals surface area (Å²) in [5, 5.41) is 6.29. The number of hydrogen-bond donors (Lipinski definition) is 3. The van der Waals surface area contributed by atoms with E-state index in [4.69, 9.17) is 19.2 Å². The number of hydrogen-bond acceptors (Lipinski definition) is 10. The predicted octanol–water partition coefficient (Wildman–Crippen LogP) is 3.65. The Kier molecular flexibility index (Phi) is 11.1. The van der Waals surface area contributed by atoms with Crippen LogP contribution >= 0.6 is 0 Å². The minimum absolute atomic E-state index is 0.0308. The molecule has 3 aliphatic heterocycles. The largest absolute Gasteiger partial charge is 0.497 e. The number of ether oxygens (including phenoxy) is 3. The number of carbonyl (C=O) groups is 4. The van der Waals surface area contributed by atoms with Gasteiger partial charge in [-0.2, -0.15) is 0 Å². The minimum Gasteiger partial charge on any atom is -0.497 e. The van der Waals surface area contributed by atoms with Crippen LogP contribution in [0.15, 0.2) is 30.3 Å². The number of fused-ring (bicyclic) bond motifs is 6. The third kappa shape index (κ3) is 8.30. The summed E-state index contributed by atoms with van der Waals surface area (Å²) in [5.74, 6) is -1.14. The zero-order valence-corrected chi connectivity index (χ0v) is 33.6. The maximum absolute atomic E-state index is 14.9. The molecule has 1 aromatic heterocycles. The molecule has 2 aromatic rings. The monoisotopic (exact) mass is 806 g/mol. The normalized spacial score (nSPS) is 30.4. The van der Waals surface area contributed by atoms with Crippen molar-refractivity contribution in [1.29, 1.82) is 0 Å². The van der Waals surface area contributed by atoms with Gasteiger partial charge < -0.3 is 34.6 Å². The maximum Gasteiger partial charge on any atom is 0.318 e. The molecule has 4 heterocycles. The Balaban J connectivity index is 1.13. The number of nitrogens with one attached hydrogen (secondary N) is 3. The molecule has 3 aliphatic carbocycles. The van der Waals surface area contributed by atoms with Crippen molar-refractivity contribution in [3.05, 3.63) is 35.9 Å². The molecule has 1 aromatic carbocycles. The molecule has 4 bridgehead atoms. The van der Waals surface area contributed by atoms with Crippen LogP contribution in [0.2, 0.25) is 0 Å². The van der Waals surface area contributed by atoms with E-state index in [0.29, 0.717) is 62.5 Å². The lowest BCUT2D eigenvalue weighted by Crippen LogP contribution is -2.60. The first-order valence-corrected chi connectivity index (χ1v) is 22.2. The predicted molar refractivity (Wildman–Crippen MR) is 211 cm³/mol. The Labute approximate surface area is 333 Å². The summed E-state index contributed by atoms with van der Waals surface area (Å²) in [6.45, 7) is 3.40. The molecule has 8 rings (SSSR count). The molecular formula is C41H54N6O9S. The van der Waals surface area contributed by atoms with Crippen molar-refractivity contribution in [2.75, 3.05) is 33.4 Å². The first-order valence-electron chi connectivity index (χ1n) is 20.7. The standard InChI is InChI=1S/C41H54N6O9S/c1-3-28-22-41(28,39(50)45-57(52,53)32-14-15-32)44-36(48)34-21-31-24-47(34)38(49)35(25-9-6-7-10-25)43-40(51)46-17-16-30(23-46)55-18-8-4-5-11-27-19-26-12-13-29(54-2)20-33(26)42-37(27)56-31/h5,11-13,19-20,25,28,30-32,34-35H,3-4,6-10,14-18,21-24H2,1-2H3,(H,43,51)(H,44,48)(H,45,50)/b11-5+/t28-,30-,31+,34-,35-,41+/m0/s1. The summed E-state index contributed by atoms with van der Waals surface area (Å²) in [6, 6.07) is 5.32. The zero-order valence-electron chi connectivity index (χ0n) is 32.7. The van der Waals surface area contributed by atoms with Crippen LogP contribution in [0.4, 0.5) is 4.79 Å². The van der Waals surface area contributed by atoms with Crippen LogP contribution in [-0.4, -0.2) is 115 Å². The van der Waals surface area contributed by atoms with Gasteiger partial charge in [-0.3, -0.25) is 19.1 Å². The van der Waals surface area contributed by atoms with Crippen molar-refractivity contribution in [2.45, 2.75) is 119 Å². The van der Waals surface area contributed by atoms with Crippen molar-refractivity contribution in [3.8, 4) is 11.6 Å². The number of pyridine rings is 1. The summed E-state index contributed by atoms with van der Waals surface area (Å²) in [5.41, 5.74) is -0.0383. The lowest BCUT2D eigenvalue weighted by Gasteiger charge is -2.33. The van der Waals surface area contributed by atoms with Crippen LogP contribution in [0.3, 0.4) is 0 Å². The number of aromatic nitrogens is 1. The van der Waals surface area contributed by atoms with E-state index in [9.17, 15) is 27.6 Å². The maximum atomic E-state index is 14.9. The van der Waals surface area contributed by atoms with Gasteiger partial charge in [-0.15, -0.1) is 0 Å². The highest BCUT2D eigenvalue weighted by Crippen LogP contribution is 2.47. The molecule has 6 atom stereocenters. The number of methoxy groups -OCH3 is 1. The Morgan fingerprint density at radius 2 is 1.86 bits per heavy atom. The second kappa shape index (κ2) is 16.1. The highest BCUT2D eigenvalue weighted by Gasteiger charge is 2.62. The van der Waals surface area contributed by atoms with E-state index in [0.717, 1.165) is 49.5 Å². The number of rotatable bonds is 8. The molecule has 57 heavy (non-hydrogen) atoms. The zero-order chi connectivity index (χ0) is 39.9. The second-order valence-electron chi connectivity index (χ2n) is 16.6. The molecule has 0 radical (unpaired) electrons. The molecule has 5 fully saturated rings. The number of sulfonamides is 1. The van der Waals surface area contributed by atoms with E-state index in [-0.39, 0.29) is 49.3 Å². The van der Waals surface area contributed by atoms with E-state index < -0.39 is 50.8 Å². The van der Waals surface area contributed by atoms with Gasteiger partial charge in [0.15, 0.2) is 0 Å². The number of carbonyl (C=O) groups excluding carboxylic acids is 4. The summed E-state index contributed by atoms with van der Waals surface area (Å²) in [4.78, 5) is 65.0. The van der Waals surface area contributed by atoms with Crippen molar-refractivity contribution in [1.82, 2.24) is 30.1 Å². The highest BCUT2D eigenvalue weighted by atomic mass is 32.2. The fraction of sp³-hybridized carbons (Fsp3) is 0.634. The minimum atomic E-state index is -3.86. The molecule has 3 N–H and O–H groups in total. The summed E-state index contributed by atoms with van der Waals surface area (Å²) in [6.07, 6.45) is 10.7. The average Bonchev–Trinajstić information content (AvgIpc) is 3.97. The summed E-state index contributed by atoms with van der Waals surface area (Å²) >= 11 is 0. The molecule has 3 saturated carbocycles. The number of nitrogens with zero attached hydrogens (tertiary/aromatic N) is 3. The van der Waals surface area contributed by atoms with Gasteiger partial charge in [-0.05, 0) is 81.4 Å². The van der Waals surface area contributed by atoms with Crippen molar-refractivity contribution in [2.24, 2.45) is 11.8 Å². The fourth-order valence-corrected chi connectivity index (χ4v) is 10.5. The SMILES string of the molecule is CC[C@H]1C[C@]1(NC(=O)[C@@H]1C[C@@H]2CN1C(=O)[C@H](C1CCCC1)NC(=O)N1CC[C@@H](C1)OCCC/C=C/c1cc3ccc(OC)cc3nc1O2)C(=O)NS(=O)(=O)C1CC1. The molecule has 0 unspecified atom stereocenters. The molecule has 0 spiro atoms. The summed E-state index contributed by atoms with van der Waals surface area (Å²) in [7, 11) is -2.28. The third-order valence-corrected chi connectivity index (χ3v) is 14.5. The number of urea groups is 1. The first kappa shape index (κ1) is 39.4. The van der Waals surface area contributed by atoms with Gasteiger partial charge in [-0.25, -0.2) is 18.2 Å². The Morgan fingerprint density at radius 1 is 1.05 bits per heavy atom. The van der Waals surface area contributed by atoms with Crippen LogP contribution in [0.5, 0.6) is 11.6 Å². The van der Waals surface area contributed by atoms with Gasteiger partial charge in [0.2, 0.25) is 27.7 Å². The fourth-order valence-electron chi connectivity index (χ4n) is 9.10. The molecule has 16 heteroatoms. The second-order valence-corrected chi connectivity index (χ2v) is 18.6. The number of allylic oxidation sites excluding steroid dienone is 1. The van der Waals surface area contributed by atoms with E-state index in [1.165, 1.54) is 4.90 Å². The lowest BCUT2D eigenvalue weighted by molar-refractivity contribution is -0.142. The van der Waals surface area contributed by atoms with E-state index in [2.05, 4.69) is 15.4 Å². The third-order valence-electron chi connectivity index (χ3n) is 12.7. The van der Waals surface area contributed by atoms with Crippen LogP contribution in [0.25, 0.3) is 17.0 Å². The summed E-state index contributed by atoms with van der Waals surface area (Å²) < 4.78 is 46.2. The van der Waals surface area contributed by atoms with Crippen molar-refractivity contribution >= 4 is 50.8 Å². The first-order chi connectivity index (χ1) is 27.5. The average molecular weight is 807 g/mol. The highest BCUT2D eigenvalue weighted by molar-refractivity contribution is 7.91. The molecular weight excluding hydrogens is 753 g/mol. The smallest absolute Gasteiger partial charge is 0.318 e. The number of amides is 5. The Bertz CT molecular complexity index is 2030. The van der Waals surface area contributed by atoms with Crippen LogP contribution < -0.4 is 24.8 Å². The van der Waals surface area contributed by atoms with Gasteiger partial charge in [0.25, 0.3) is 5.91 Å². The quantitative estimate of drug-likeness (QED) is 0.356. The van der Waals surface area contributed by atoms with Crippen LogP contribution in [-0.2, 0) is 29.1 Å². The molecule has 5 amide bonds. The van der Waals surface area contributed by atoms with Gasteiger partial charge in [0, 0.05) is 43.1 Å². The molecule has 308 valence electrons. The Morgan fingerprint density at radius 3 is 2.60 bits per heavy atom. The van der Waals surface area contributed by atoms with Crippen LogP contribution in [0.1, 0.15) is 89.5 Å². The van der Waals surface area contributed by atoms with Crippen LogP contribution in [0, 0.1) is 11.8 Å². The molecule has 15 nitrogen and oxygen atoms in total. The van der Waals surface area contributed by atoms with Gasteiger partial charge in [-0.1, -0.05) is 38.3 Å². The lowest BCUT2D eigenvalue weighted by atomic mass is 9.96. The molecule has 6 aliphatic rings. The van der Waals surface area contributed by atoms with Gasteiger partial charge in [0.1, 0.15) is 29.5 Å². The van der Waals surface area contributed by atoms with E-state index >= 15 is 0 Å². The number of benzene rings is 1. The van der Waals surface area contributed by atoms with Crippen molar-refractivity contribution in [3.63, 3.8) is 0 Å². The van der Waals surface area contributed by atoms with E-state index in [1.807, 2.05) is 43.3 Å². The van der Waals surface area contributed by atoms with Gasteiger partial charge >= 0.3 is 6.03 Å². The van der Waals surface area contributed by atoms with Gasteiger partial charge in [0.05, 0.1) is 30.5 Å². The Hall–Kier alpha value is -4.44. The topological polar surface area (TPSA) is 186 Å². The molecule has 2 saturated heterocycles. The van der Waals surface area contributed by atoms with E-state index in [1.54, 1.807) is 12.0 Å².